The van der Waals surface area contributed by atoms with Crippen molar-refractivity contribution in [1.29, 1.82) is 0 Å². The summed E-state index contributed by atoms with van der Waals surface area (Å²) in [7, 11) is 0. The Bertz CT molecular complexity index is 552. The van der Waals surface area contributed by atoms with E-state index in [1.807, 2.05) is 29.8 Å². The lowest BCUT2D eigenvalue weighted by atomic mass is 10.0. The summed E-state index contributed by atoms with van der Waals surface area (Å²) >= 11 is 3.78. The van der Waals surface area contributed by atoms with Crippen LogP contribution in [0.3, 0.4) is 0 Å². The third-order valence-corrected chi connectivity index (χ3v) is 6.22. The molecule has 1 aliphatic rings. The number of hydrogen-bond donors (Lipinski definition) is 0. The Morgan fingerprint density at radius 2 is 1.36 bits per heavy atom. The van der Waals surface area contributed by atoms with Crippen molar-refractivity contribution in [2.45, 2.75) is 28.2 Å². The molecule has 3 heteroatoms. The van der Waals surface area contributed by atoms with E-state index in [9.17, 15) is 0 Å². The fourth-order valence-electron chi connectivity index (χ4n) is 2.38. The zero-order valence-electron chi connectivity index (χ0n) is 12.5. The molecule has 2 aromatic rings. The summed E-state index contributed by atoms with van der Waals surface area (Å²) in [5, 5.41) is 0. The molecule has 0 unspecified atom stereocenters. The number of hydrogen-bond acceptors (Lipinski definition) is 3. The molecule has 114 valence electrons. The molecule has 0 radical (unpaired) electrons. The van der Waals surface area contributed by atoms with Crippen LogP contribution in [-0.4, -0.2) is 17.1 Å². The van der Waals surface area contributed by atoms with Gasteiger partial charge >= 0.3 is 0 Å². The van der Waals surface area contributed by atoms with E-state index in [0.717, 1.165) is 24.3 Å². The quantitative estimate of drug-likeness (QED) is 0.636. The third-order valence-electron chi connectivity index (χ3n) is 3.67. The highest BCUT2D eigenvalue weighted by Crippen LogP contribution is 2.35. The Labute approximate surface area is 141 Å². The molecule has 0 saturated carbocycles. The first-order valence-corrected chi connectivity index (χ1v) is 9.52. The number of allylic oxidation sites excluding steroid dienone is 1. The summed E-state index contributed by atoms with van der Waals surface area (Å²) in [6.45, 7) is 0. The van der Waals surface area contributed by atoms with Gasteiger partial charge in [-0.15, -0.1) is 23.5 Å². The largest absolute Gasteiger partial charge is 0.493 e. The normalized spacial score (nSPS) is 16.2. The van der Waals surface area contributed by atoms with Gasteiger partial charge in [0.2, 0.25) is 0 Å². The van der Waals surface area contributed by atoms with Crippen molar-refractivity contribution in [2.75, 3.05) is 11.5 Å². The van der Waals surface area contributed by atoms with Crippen molar-refractivity contribution in [2.24, 2.45) is 0 Å². The average molecular weight is 329 g/mol. The van der Waals surface area contributed by atoms with Gasteiger partial charge in [0.1, 0.15) is 5.60 Å². The average Bonchev–Trinajstić information content (AvgIpc) is 2.61. The van der Waals surface area contributed by atoms with Gasteiger partial charge in [-0.1, -0.05) is 36.4 Å². The summed E-state index contributed by atoms with van der Waals surface area (Å²) in [6, 6.07) is 21.2. The lowest BCUT2D eigenvalue weighted by Crippen LogP contribution is -2.38. The van der Waals surface area contributed by atoms with Gasteiger partial charge in [-0.2, -0.15) is 0 Å². The predicted octanol–water partition coefficient (Wildman–Crippen LogP) is 5.63. The fraction of sp³-hybridized carbons (Fsp3) is 0.263. The van der Waals surface area contributed by atoms with E-state index in [2.05, 4.69) is 66.7 Å². The van der Waals surface area contributed by atoms with Gasteiger partial charge in [-0.3, -0.25) is 0 Å². The number of benzene rings is 2. The van der Waals surface area contributed by atoms with Crippen molar-refractivity contribution in [3.05, 3.63) is 73.0 Å². The smallest absolute Gasteiger partial charge is 0.127 e. The Kier molecular flexibility index (Phi) is 5.52. The molecule has 2 aromatic carbocycles. The standard InChI is InChI=1S/C19H20OS2/c1-3-9-17(10-4-1)21-15-19(13-7-8-14-20-19)16-22-18-11-5-2-6-12-18/h1-6,8-12,14H,7,13,15-16H2. The highest BCUT2D eigenvalue weighted by Gasteiger charge is 2.32. The molecule has 22 heavy (non-hydrogen) atoms. The van der Waals surface area contributed by atoms with E-state index in [1.54, 1.807) is 0 Å². The van der Waals surface area contributed by atoms with Gasteiger partial charge in [-0.05, 0) is 43.2 Å². The van der Waals surface area contributed by atoms with Crippen LogP contribution in [0, 0.1) is 0 Å². The molecule has 1 aliphatic heterocycles. The van der Waals surface area contributed by atoms with Gasteiger partial charge in [0.05, 0.1) is 6.26 Å². The molecule has 1 nitrogen and oxygen atoms in total. The zero-order valence-corrected chi connectivity index (χ0v) is 14.1. The van der Waals surface area contributed by atoms with E-state index in [0.29, 0.717) is 0 Å². The second-order valence-corrected chi connectivity index (χ2v) is 7.51. The van der Waals surface area contributed by atoms with Crippen molar-refractivity contribution < 1.29 is 4.74 Å². The Balaban J connectivity index is 1.64. The molecule has 0 spiro atoms. The van der Waals surface area contributed by atoms with Crippen molar-refractivity contribution in [3.63, 3.8) is 0 Å². The molecule has 0 atom stereocenters. The van der Waals surface area contributed by atoms with Crippen molar-refractivity contribution in [3.8, 4) is 0 Å². The SMILES string of the molecule is C1=COC(CSc2ccccc2)(CSc2ccccc2)CC1. The van der Waals surface area contributed by atoms with Gasteiger partial charge in [0.15, 0.2) is 0 Å². The number of ether oxygens (including phenoxy) is 1. The number of thioether (sulfide) groups is 2. The van der Waals surface area contributed by atoms with Crippen LogP contribution in [-0.2, 0) is 4.74 Å². The number of rotatable bonds is 6. The van der Waals surface area contributed by atoms with Gasteiger partial charge in [0.25, 0.3) is 0 Å². The lowest BCUT2D eigenvalue weighted by molar-refractivity contribution is 0.0487. The van der Waals surface area contributed by atoms with E-state index in [1.165, 1.54) is 9.79 Å². The summed E-state index contributed by atoms with van der Waals surface area (Å²) in [5.74, 6) is 1.97. The topological polar surface area (TPSA) is 9.23 Å². The molecule has 0 amide bonds. The molecule has 0 N–H and O–H groups in total. The predicted molar refractivity (Wildman–Crippen MR) is 96.5 cm³/mol. The van der Waals surface area contributed by atoms with Crippen molar-refractivity contribution in [1.82, 2.24) is 0 Å². The van der Waals surface area contributed by atoms with E-state index in [4.69, 9.17) is 4.74 Å². The maximum atomic E-state index is 6.09. The van der Waals surface area contributed by atoms with Crippen LogP contribution in [0.15, 0.2) is 82.8 Å². The summed E-state index contributed by atoms with van der Waals surface area (Å²) in [4.78, 5) is 2.62. The molecule has 0 aromatic heterocycles. The van der Waals surface area contributed by atoms with Crippen LogP contribution < -0.4 is 0 Å². The molecule has 3 rings (SSSR count). The first-order chi connectivity index (χ1) is 10.9. The Morgan fingerprint density at radius 3 is 1.82 bits per heavy atom. The highest BCUT2D eigenvalue weighted by atomic mass is 32.2. The van der Waals surface area contributed by atoms with Crippen LogP contribution in [0.1, 0.15) is 12.8 Å². The molecule has 0 saturated heterocycles. The molecular formula is C19H20OS2. The van der Waals surface area contributed by atoms with Crippen LogP contribution >= 0.6 is 23.5 Å². The fourth-order valence-corrected chi connectivity index (χ4v) is 4.70. The second-order valence-electron chi connectivity index (χ2n) is 5.41. The van der Waals surface area contributed by atoms with Crippen LogP contribution in [0.25, 0.3) is 0 Å². The highest BCUT2D eigenvalue weighted by molar-refractivity contribution is 8.00. The maximum Gasteiger partial charge on any atom is 0.127 e. The molecular weight excluding hydrogens is 308 g/mol. The van der Waals surface area contributed by atoms with E-state index >= 15 is 0 Å². The minimum absolute atomic E-state index is 0.0736. The summed E-state index contributed by atoms with van der Waals surface area (Å²) < 4.78 is 6.09. The second kappa shape index (κ2) is 7.80. The maximum absolute atomic E-state index is 6.09. The molecule has 1 heterocycles. The van der Waals surface area contributed by atoms with E-state index < -0.39 is 0 Å². The minimum Gasteiger partial charge on any atom is -0.493 e. The Hall–Kier alpha value is -1.32. The zero-order chi connectivity index (χ0) is 15.1. The lowest BCUT2D eigenvalue weighted by Gasteiger charge is -2.34. The van der Waals surface area contributed by atoms with Gasteiger partial charge in [-0.25, -0.2) is 0 Å². The summed E-state index contributed by atoms with van der Waals surface area (Å²) in [5.41, 5.74) is -0.0736. The summed E-state index contributed by atoms with van der Waals surface area (Å²) in [6.07, 6.45) is 6.20. The van der Waals surface area contributed by atoms with Gasteiger partial charge < -0.3 is 4.74 Å². The molecule has 0 bridgehead atoms. The molecule has 0 fully saturated rings. The molecule has 0 aliphatic carbocycles. The first-order valence-electron chi connectivity index (χ1n) is 7.55. The van der Waals surface area contributed by atoms with Crippen LogP contribution in [0.5, 0.6) is 0 Å². The monoisotopic (exact) mass is 328 g/mol. The third kappa shape index (κ3) is 4.34. The van der Waals surface area contributed by atoms with Crippen LogP contribution in [0.2, 0.25) is 0 Å². The first kappa shape index (κ1) is 15.6. The van der Waals surface area contributed by atoms with E-state index in [-0.39, 0.29) is 5.60 Å². The Morgan fingerprint density at radius 1 is 0.818 bits per heavy atom. The minimum atomic E-state index is -0.0736. The van der Waals surface area contributed by atoms with Crippen LogP contribution in [0.4, 0.5) is 0 Å². The van der Waals surface area contributed by atoms with Gasteiger partial charge in [0, 0.05) is 21.3 Å². The van der Waals surface area contributed by atoms with Crippen molar-refractivity contribution >= 4 is 23.5 Å².